The van der Waals surface area contributed by atoms with Crippen LogP contribution in [-0.4, -0.2) is 0 Å². The summed E-state index contributed by atoms with van der Waals surface area (Å²) in [5.41, 5.74) is -8.77. The number of nitrogens with zero attached hydrogens (tertiary/aromatic N) is 12. The SMILES string of the molecule is C#CC(OP(=O)(OC(C#C)(c1cccc(Oc2ccc(C#N)c(C#N)c2)c1)c1cccc(Oc2ccc(C#N)c(C#N)c2)c1)OC(C#C)(c1cccc(Oc2ccc(C#N)c(C#N)c2)c1)c1cccc(Oc2ccc(C#N)c(C#N)c2)c1)(c1cccc(Oc2ccc(C#N)c(C#N)c2)c1)c1cccc(Oc2ccc(C#N)c(C#N)c2)c1. The average Bonchev–Trinajstić information content (AvgIpc) is 0.724. The van der Waals surface area contributed by atoms with Gasteiger partial charge in [-0.25, -0.2) is 4.57 Å². The van der Waals surface area contributed by atoms with E-state index in [4.69, 9.17) is 61.3 Å². The standard InChI is InChI=1S/C93H45N12O10P/c1-4-91(73-13-7-19-79(43-73)107-85-31-25-61(49-94)67(37-85)55-100,74-14-8-20-80(44-74)108-86-32-26-62(50-95)68(38-86)56-101)113-116(106,114-92(5-2,75-15-9-21-81(45-75)109-87-33-27-63(51-96)69(39-87)57-102)76-16-10-22-82(46-76)110-88-34-28-64(52-97)70(40-88)58-103)115-93(6-3,77-17-11-23-83(47-77)111-89-35-29-65(53-98)71(41-89)59-104)78-18-12-24-84(48-78)112-90-36-30-66(54-99)72(42-90)60-105/h1-3,7-48H. The average molecular weight is 1520 g/mol. The molecule has 542 valence electrons. The Balaban J connectivity index is 1.16. The summed E-state index contributed by atoms with van der Waals surface area (Å²) in [7, 11) is -6.31. The van der Waals surface area contributed by atoms with Crippen LogP contribution < -0.4 is 28.4 Å². The van der Waals surface area contributed by atoms with Crippen LogP contribution >= 0.6 is 7.82 Å². The van der Waals surface area contributed by atoms with Gasteiger partial charge in [-0.3, -0.25) is 13.6 Å². The van der Waals surface area contributed by atoms with Gasteiger partial charge in [-0.1, -0.05) is 90.6 Å². The molecule has 0 heterocycles. The van der Waals surface area contributed by atoms with Gasteiger partial charge in [0.1, 0.15) is 142 Å². The third-order valence-electron chi connectivity index (χ3n) is 17.6. The maximum Gasteiger partial charge on any atom is 0.481 e. The van der Waals surface area contributed by atoms with Crippen molar-refractivity contribution in [2.75, 3.05) is 0 Å². The highest BCUT2D eigenvalue weighted by Crippen LogP contribution is 2.66. The molecule has 0 fully saturated rings. The molecule has 116 heavy (non-hydrogen) atoms. The largest absolute Gasteiger partial charge is 0.481 e. The number of nitriles is 12. The minimum atomic E-state index is -6.31. The zero-order valence-electron chi connectivity index (χ0n) is 59.9. The monoisotopic (exact) mass is 1520 g/mol. The fourth-order valence-electron chi connectivity index (χ4n) is 12.1. The Morgan fingerprint density at radius 3 is 0.491 bits per heavy atom. The molecule has 0 saturated heterocycles. The Labute approximate surface area is 664 Å². The van der Waals surface area contributed by atoms with Gasteiger partial charge < -0.3 is 28.4 Å². The Morgan fingerprint density at radius 1 is 0.207 bits per heavy atom. The maximum atomic E-state index is 18.7. The van der Waals surface area contributed by atoms with Crippen molar-refractivity contribution in [3.8, 4) is 179 Å². The van der Waals surface area contributed by atoms with Crippen LogP contribution in [0.5, 0.6) is 69.0 Å². The molecule has 23 heteroatoms. The summed E-state index contributed by atoms with van der Waals surface area (Å²) in [6.45, 7) is 0. The Kier molecular flexibility index (Phi) is 22.9. The van der Waals surface area contributed by atoms with Gasteiger partial charge >= 0.3 is 7.82 Å². The highest BCUT2D eigenvalue weighted by Gasteiger charge is 2.55. The molecule has 0 aliphatic rings. The number of benzene rings is 12. The molecule has 0 N–H and O–H groups in total. The van der Waals surface area contributed by atoms with Gasteiger partial charge in [0.2, 0.25) is 0 Å². The van der Waals surface area contributed by atoms with Crippen molar-refractivity contribution in [2.45, 2.75) is 16.8 Å². The summed E-state index contributed by atoms with van der Waals surface area (Å²) in [5.74, 6) is 8.59. The van der Waals surface area contributed by atoms with Crippen LogP contribution in [0, 0.1) is 173 Å². The number of hydrogen-bond donors (Lipinski definition) is 0. The van der Waals surface area contributed by atoms with E-state index < -0.39 is 24.6 Å². The molecule has 0 aliphatic carbocycles. The van der Waals surface area contributed by atoms with Crippen molar-refractivity contribution in [3.05, 3.63) is 355 Å². The Hall–Kier alpha value is -17.9. The molecule has 0 unspecified atom stereocenters. The van der Waals surface area contributed by atoms with E-state index in [2.05, 4.69) is 17.8 Å². The Bertz CT molecular complexity index is 5780. The predicted molar refractivity (Wildman–Crippen MR) is 414 cm³/mol. The van der Waals surface area contributed by atoms with Crippen molar-refractivity contribution in [3.63, 3.8) is 0 Å². The molecule has 0 saturated carbocycles. The first-order chi connectivity index (χ1) is 56.4. The van der Waals surface area contributed by atoms with Gasteiger partial charge in [0.15, 0.2) is 16.8 Å². The predicted octanol–water partition coefficient (Wildman–Crippen LogP) is 19.1. The minimum absolute atomic E-state index is 0.00941. The summed E-state index contributed by atoms with van der Waals surface area (Å²) in [6, 6.07) is 84.0. The first-order valence-electron chi connectivity index (χ1n) is 33.9. The van der Waals surface area contributed by atoms with Gasteiger partial charge in [0.05, 0.1) is 66.8 Å². The van der Waals surface area contributed by atoms with Crippen molar-refractivity contribution in [1.29, 1.82) is 63.1 Å². The molecule has 0 spiro atoms. The second-order valence-electron chi connectivity index (χ2n) is 24.6. The molecule has 0 atom stereocenters. The molecular formula is C93H45N12O10P. The summed E-state index contributed by atoms with van der Waals surface area (Å²) in [6.07, 6.45) is 21.2. The lowest BCUT2D eigenvalue weighted by atomic mass is 9.87. The van der Waals surface area contributed by atoms with E-state index in [9.17, 15) is 63.1 Å². The topological polar surface area (TPSA) is 386 Å². The summed E-state index contributed by atoms with van der Waals surface area (Å²) in [5, 5.41) is 120. The number of hydrogen-bond acceptors (Lipinski definition) is 22. The van der Waals surface area contributed by atoms with E-state index in [1.165, 1.54) is 255 Å². The summed E-state index contributed by atoms with van der Waals surface area (Å²) < 4.78 is 79.7. The van der Waals surface area contributed by atoms with E-state index in [0.717, 1.165) is 0 Å². The number of terminal acetylenes is 3. The lowest BCUT2D eigenvalue weighted by Gasteiger charge is -2.41. The molecular weight excluding hydrogens is 1480 g/mol. The number of phosphoric acid groups is 1. The highest BCUT2D eigenvalue weighted by molar-refractivity contribution is 7.48. The lowest BCUT2D eigenvalue weighted by molar-refractivity contribution is 0.00140. The summed E-state index contributed by atoms with van der Waals surface area (Å²) in [4.78, 5) is 0. The van der Waals surface area contributed by atoms with Gasteiger partial charge in [0.25, 0.3) is 0 Å². The Morgan fingerprint density at radius 2 is 0.353 bits per heavy atom. The summed E-state index contributed by atoms with van der Waals surface area (Å²) >= 11 is 0. The highest BCUT2D eigenvalue weighted by atomic mass is 31.2. The van der Waals surface area contributed by atoms with Gasteiger partial charge in [-0.05, 0) is 182 Å². The third-order valence-corrected chi connectivity index (χ3v) is 19.1. The van der Waals surface area contributed by atoms with Crippen LogP contribution in [-0.2, 0) is 34.9 Å². The van der Waals surface area contributed by atoms with Crippen LogP contribution in [0.25, 0.3) is 0 Å². The van der Waals surface area contributed by atoms with Crippen molar-refractivity contribution < 1.29 is 46.6 Å². The fraction of sp³-hybridized carbons (Fsp3) is 0.0323. The first-order valence-corrected chi connectivity index (χ1v) is 35.4. The number of rotatable bonds is 24. The minimum Gasteiger partial charge on any atom is -0.457 e. The maximum absolute atomic E-state index is 18.7. The lowest BCUT2D eigenvalue weighted by Crippen LogP contribution is -2.37. The van der Waals surface area contributed by atoms with Crippen LogP contribution in [0.4, 0.5) is 0 Å². The molecule has 12 aromatic carbocycles. The van der Waals surface area contributed by atoms with Crippen molar-refractivity contribution in [1.82, 2.24) is 0 Å². The molecule has 0 radical (unpaired) electrons. The van der Waals surface area contributed by atoms with Crippen LogP contribution in [0.3, 0.4) is 0 Å². The van der Waals surface area contributed by atoms with Gasteiger partial charge in [-0.2, -0.15) is 63.1 Å². The van der Waals surface area contributed by atoms with Crippen LogP contribution in [0.1, 0.15) is 100 Å². The molecule has 0 aromatic heterocycles. The molecule has 12 aromatic rings. The zero-order chi connectivity index (χ0) is 82.0. The van der Waals surface area contributed by atoms with Gasteiger partial charge in [0, 0.05) is 33.4 Å². The van der Waals surface area contributed by atoms with E-state index in [1.807, 2.05) is 72.8 Å². The molecule has 0 amide bonds. The van der Waals surface area contributed by atoms with Crippen LogP contribution in [0.15, 0.2) is 255 Å². The molecule has 12 rings (SSSR count). The zero-order valence-corrected chi connectivity index (χ0v) is 60.8. The quantitative estimate of drug-likeness (QED) is 0.0400. The fourth-order valence-corrected chi connectivity index (χ4v) is 14.0. The van der Waals surface area contributed by atoms with Crippen LogP contribution in [0.2, 0.25) is 0 Å². The molecule has 22 nitrogen and oxygen atoms in total. The third kappa shape index (κ3) is 16.3. The van der Waals surface area contributed by atoms with Crippen molar-refractivity contribution in [2.24, 2.45) is 0 Å². The van der Waals surface area contributed by atoms with Crippen molar-refractivity contribution >= 4 is 7.82 Å². The van der Waals surface area contributed by atoms with E-state index >= 15 is 4.57 Å². The molecule has 0 aliphatic heterocycles. The van der Waals surface area contributed by atoms with Gasteiger partial charge in [-0.15, -0.1) is 19.3 Å². The van der Waals surface area contributed by atoms with E-state index in [-0.39, 0.29) is 169 Å². The second kappa shape index (κ2) is 34.1. The number of phosphoric ester groups is 1. The molecule has 0 bridgehead atoms. The normalized spacial score (nSPS) is 10.6. The smallest absolute Gasteiger partial charge is 0.457 e. The number of ether oxygens (including phenoxy) is 6. The first kappa shape index (κ1) is 77.7. The van der Waals surface area contributed by atoms with E-state index in [0.29, 0.717) is 0 Å². The second-order valence-corrected chi connectivity index (χ2v) is 26.0. The van der Waals surface area contributed by atoms with E-state index in [1.54, 1.807) is 0 Å².